The highest BCUT2D eigenvalue weighted by Gasteiger charge is 2.13. The lowest BCUT2D eigenvalue weighted by Gasteiger charge is -2.25. The highest BCUT2D eigenvalue weighted by atomic mass is 32.1. The van der Waals surface area contributed by atoms with Crippen molar-refractivity contribution >= 4 is 11.3 Å². The molecule has 1 aromatic heterocycles. The molecule has 1 saturated heterocycles. The van der Waals surface area contributed by atoms with Crippen LogP contribution in [0.2, 0.25) is 0 Å². The maximum absolute atomic E-state index is 3.63. The Bertz CT molecular complexity index is 278. The summed E-state index contributed by atoms with van der Waals surface area (Å²) in [5.41, 5.74) is 1.46. The van der Waals surface area contributed by atoms with Gasteiger partial charge in [-0.2, -0.15) is 11.3 Å². The molecule has 1 aliphatic heterocycles. The van der Waals surface area contributed by atoms with Gasteiger partial charge in [-0.25, -0.2) is 0 Å². The lowest BCUT2D eigenvalue weighted by molar-refractivity contribution is 0.369. The van der Waals surface area contributed by atoms with E-state index in [4.69, 9.17) is 0 Å². The van der Waals surface area contributed by atoms with Crippen LogP contribution in [0, 0.1) is 0 Å². The van der Waals surface area contributed by atoms with Crippen molar-refractivity contribution in [1.82, 2.24) is 10.6 Å². The zero-order chi connectivity index (χ0) is 11.2. The van der Waals surface area contributed by atoms with Gasteiger partial charge in [0.2, 0.25) is 0 Å². The van der Waals surface area contributed by atoms with Crippen molar-refractivity contribution < 1.29 is 0 Å². The minimum absolute atomic E-state index is 0.582. The third kappa shape index (κ3) is 3.89. The van der Waals surface area contributed by atoms with Crippen LogP contribution in [-0.2, 0) is 6.42 Å². The van der Waals surface area contributed by atoms with Crippen LogP contribution in [0.4, 0.5) is 0 Å². The Balaban J connectivity index is 1.65. The molecule has 1 fully saturated rings. The fourth-order valence-electron chi connectivity index (χ4n) is 2.28. The van der Waals surface area contributed by atoms with E-state index >= 15 is 0 Å². The molecule has 0 amide bonds. The van der Waals surface area contributed by atoms with Crippen LogP contribution in [0.1, 0.15) is 31.7 Å². The molecule has 2 rings (SSSR count). The minimum atomic E-state index is 0.582. The number of piperidine rings is 1. The predicted molar refractivity (Wildman–Crippen MR) is 71.1 cm³/mol. The Hall–Kier alpha value is -0.380. The first-order chi connectivity index (χ1) is 7.84. The molecular formula is C13H22N2S. The Kier molecular flexibility index (Phi) is 4.82. The Morgan fingerprint density at radius 1 is 1.56 bits per heavy atom. The van der Waals surface area contributed by atoms with E-state index in [9.17, 15) is 0 Å². The molecular weight excluding hydrogens is 216 g/mol. The average molecular weight is 238 g/mol. The third-order valence-corrected chi connectivity index (χ3v) is 3.98. The topological polar surface area (TPSA) is 24.1 Å². The molecule has 0 bridgehead atoms. The van der Waals surface area contributed by atoms with Crippen LogP contribution in [0.3, 0.4) is 0 Å². The van der Waals surface area contributed by atoms with Gasteiger partial charge >= 0.3 is 0 Å². The van der Waals surface area contributed by atoms with Crippen molar-refractivity contribution in [3.05, 3.63) is 22.4 Å². The van der Waals surface area contributed by atoms with Gasteiger partial charge in [0.15, 0.2) is 0 Å². The second-order valence-electron chi connectivity index (χ2n) is 4.79. The first-order valence-corrected chi connectivity index (χ1v) is 7.27. The number of rotatable bonds is 5. The van der Waals surface area contributed by atoms with E-state index < -0.39 is 0 Å². The Morgan fingerprint density at radius 3 is 3.19 bits per heavy atom. The lowest BCUT2D eigenvalue weighted by Crippen LogP contribution is -2.44. The SMILES string of the molecule is CC(Cc1ccsc1)NCC1CCCCN1. The quantitative estimate of drug-likeness (QED) is 0.823. The van der Waals surface area contributed by atoms with E-state index in [1.54, 1.807) is 11.3 Å². The van der Waals surface area contributed by atoms with Gasteiger partial charge in [0.25, 0.3) is 0 Å². The fourth-order valence-corrected chi connectivity index (χ4v) is 2.96. The van der Waals surface area contributed by atoms with Gasteiger partial charge in [0, 0.05) is 18.6 Å². The summed E-state index contributed by atoms with van der Waals surface area (Å²) in [7, 11) is 0. The summed E-state index contributed by atoms with van der Waals surface area (Å²) in [4.78, 5) is 0. The van der Waals surface area contributed by atoms with Crippen molar-refractivity contribution in [2.45, 2.75) is 44.7 Å². The Morgan fingerprint density at radius 2 is 2.50 bits per heavy atom. The Labute approximate surface area is 102 Å². The second-order valence-corrected chi connectivity index (χ2v) is 5.57. The van der Waals surface area contributed by atoms with Gasteiger partial charge in [-0.05, 0) is 55.1 Å². The van der Waals surface area contributed by atoms with Crippen molar-refractivity contribution in [3.8, 4) is 0 Å². The van der Waals surface area contributed by atoms with E-state index in [2.05, 4.69) is 34.4 Å². The van der Waals surface area contributed by atoms with E-state index in [-0.39, 0.29) is 0 Å². The van der Waals surface area contributed by atoms with Gasteiger partial charge in [0.05, 0.1) is 0 Å². The average Bonchev–Trinajstić information content (AvgIpc) is 2.81. The molecule has 3 heteroatoms. The summed E-state index contributed by atoms with van der Waals surface area (Å²) in [5, 5.41) is 11.6. The molecule has 16 heavy (non-hydrogen) atoms. The van der Waals surface area contributed by atoms with Gasteiger partial charge in [0.1, 0.15) is 0 Å². The normalized spacial score (nSPS) is 23.2. The van der Waals surface area contributed by atoms with Crippen LogP contribution in [0.15, 0.2) is 16.8 Å². The largest absolute Gasteiger partial charge is 0.313 e. The molecule has 2 unspecified atom stereocenters. The standard InChI is InChI=1S/C13H22N2S/c1-11(8-12-5-7-16-10-12)15-9-13-4-2-3-6-14-13/h5,7,10-11,13-15H,2-4,6,8-9H2,1H3. The minimum Gasteiger partial charge on any atom is -0.313 e. The smallest absolute Gasteiger partial charge is 0.0192 e. The van der Waals surface area contributed by atoms with Crippen molar-refractivity contribution in [1.29, 1.82) is 0 Å². The van der Waals surface area contributed by atoms with Crippen molar-refractivity contribution in [3.63, 3.8) is 0 Å². The highest BCUT2D eigenvalue weighted by Crippen LogP contribution is 2.09. The summed E-state index contributed by atoms with van der Waals surface area (Å²) in [6.07, 6.45) is 5.22. The molecule has 2 atom stereocenters. The highest BCUT2D eigenvalue weighted by molar-refractivity contribution is 7.07. The molecule has 1 aromatic rings. The summed E-state index contributed by atoms with van der Waals surface area (Å²) in [5.74, 6) is 0. The van der Waals surface area contributed by atoms with Crippen molar-refractivity contribution in [2.24, 2.45) is 0 Å². The predicted octanol–water partition coefficient (Wildman–Crippen LogP) is 2.41. The molecule has 1 aliphatic rings. The van der Waals surface area contributed by atoms with E-state index in [1.807, 2.05) is 0 Å². The maximum Gasteiger partial charge on any atom is 0.0192 e. The van der Waals surface area contributed by atoms with E-state index in [0.29, 0.717) is 12.1 Å². The summed E-state index contributed by atoms with van der Waals surface area (Å²) in [6.45, 7) is 4.59. The number of hydrogen-bond donors (Lipinski definition) is 2. The molecule has 0 aromatic carbocycles. The van der Waals surface area contributed by atoms with Crippen molar-refractivity contribution in [2.75, 3.05) is 13.1 Å². The summed E-state index contributed by atoms with van der Waals surface area (Å²) < 4.78 is 0. The molecule has 0 saturated carbocycles. The number of nitrogens with one attached hydrogen (secondary N) is 2. The van der Waals surface area contributed by atoms with Gasteiger partial charge in [-0.1, -0.05) is 6.42 Å². The molecule has 0 aliphatic carbocycles. The molecule has 2 heterocycles. The monoisotopic (exact) mass is 238 g/mol. The van der Waals surface area contributed by atoms with Crippen LogP contribution in [-0.4, -0.2) is 25.2 Å². The zero-order valence-corrected chi connectivity index (χ0v) is 10.9. The fraction of sp³-hybridized carbons (Fsp3) is 0.692. The van der Waals surface area contributed by atoms with Crippen LogP contribution in [0.5, 0.6) is 0 Å². The molecule has 2 nitrogen and oxygen atoms in total. The van der Waals surface area contributed by atoms with Crippen LogP contribution < -0.4 is 10.6 Å². The first-order valence-electron chi connectivity index (χ1n) is 6.32. The van der Waals surface area contributed by atoms with Crippen LogP contribution >= 0.6 is 11.3 Å². The molecule has 0 spiro atoms. The lowest BCUT2D eigenvalue weighted by atomic mass is 10.0. The van der Waals surface area contributed by atoms with E-state index in [0.717, 1.165) is 13.0 Å². The second kappa shape index (κ2) is 6.38. The van der Waals surface area contributed by atoms with Gasteiger partial charge in [-0.3, -0.25) is 0 Å². The third-order valence-electron chi connectivity index (χ3n) is 3.25. The molecule has 90 valence electrons. The molecule has 2 N–H and O–H groups in total. The first kappa shape index (κ1) is 12.1. The van der Waals surface area contributed by atoms with Gasteiger partial charge in [-0.15, -0.1) is 0 Å². The zero-order valence-electron chi connectivity index (χ0n) is 10.0. The van der Waals surface area contributed by atoms with Gasteiger partial charge < -0.3 is 10.6 Å². The summed E-state index contributed by atoms with van der Waals surface area (Å²) >= 11 is 1.79. The van der Waals surface area contributed by atoms with E-state index in [1.165, 1.54) is 31.4 Å². The molecule has 0 radical (unpaired) electrons. The summed E-state index contributed by atoms with van der Waals surface area (Å²) in [6, 6.07) is 3.50. The van der Waals surface area contributed by atoms with Crippen LogP contribution in [0.25, 0.3) is 0 Å². The number of thiophene rings is 1. The maximum atomic E-state index is 3.63. The number of hydrogen-bond acceptors (Lipinski definition) is 3.